The highest BCUT2D eigenvalue weighted by atomic mass is 32.2. The van der Waals surface area contributed by atoms with Gasteiger partial charge in [0.25, 0.3) is 0 Å². The van der Waals surface area contributed by atoms with Crippen LogP contribution in [0.3, 0.4) is 0 Å². The molecule has 1 atom stereocenters. The van der Waals surface area contributed by atoms with E-state index in [-0.39, 0.29) is 23.4 Å². The number of hydrogen-bond donors (Lipinski definition) is 0. The second-order valence-corrected chi connectivity index (χ2v) is 7.67. The van der Waals surface area contributed by atoms with Gasteiger partial charge in [-0.2, -0.15) is 0 Å². The maximum Gasteiger partial charge on any atom is 0.247 e. The van der Waals surface area contributed by atoms with Crippen LogP contribution in [0.2, 0.25) is 0 Å². The first kappa shape index (κ1) is 15.1. The lowest BCUT2D eigenvalue weighted by molar-refractivity contribution is 0.198. The van der Waals surface area contributed by atoms with Crippen molar-refractivity contribution >= 4 is 9.84 Å². The lowest BCUT2D eigenvalue weighted by Crippen LogP contribution is -2.46. The van der Waals surface area contributed by atoms with Crippen molar-refractivity contribution in [2.75, 3.05) is 18.1 Å². The highest BCUT2D eigenvalue weighted by Gasteiger charge is 2.29. The maximum atomic E-state index is 12.9. The van der Waals surface area contributed by atoms with Gasteiger partial charge in [-0.05, 0) is 31.2 Å². The molecule has 1 aliphatic heterocycles. The molecule has 2 aromatic rings. The third kappa shape index (κ3) is 3.33. The summed E-state index contributed by atoms with van der Waals surface area (Å²) in [5, 5.41) is 7.93. The van der Waals surface area contributed by atoms with Gasteiger partial charge in [0.15, 0.2) is 9.84 Å². The molecule has 0 saturated carbocycles. The van der Waals surface area contributed by atoms with E-state index >= 15 is 0 Å². The Hall–Kier alpha value is -1.80. The molecule has 1 aliphatic rings. The predicted octanol–water partition coefficient (Wildman–Crippen LogP) is 1.49. The molecule has 118 valence electrons. The average Bonchev–Trinajstić information content (AvgIpc) is 2.91. The van der Waals surface area contributed by atoms with Crippen molar-refractivity contribution < 1.29 is 17.2 Å². The van der Waals surface area contributed by atoms with Crippen LogP contribution in [0.4, 0.5) is 4.39 Å². The molecule has 8 heteroatoms. The topological polar surface area (TPSA) is 76.3 Å². The second-order valence-electron chi connectivity index (χ2n) is 5.44. The molecular weight excluding hydrogens is 309 g/mol. The van der Waals surface area contributed by atoms with E-state index in [1.807, 2.05) is 11.8 Å². The highest BCUT2D eigenvalue weighted by Crippen LogP contribution is 2.20. The predicted molar refractivity (Wildman–Crippen MR) is 78.2 cm³/mol. The summed E-state index contributed by atoms with van der Waals surface area (Å²) in [4.78, 5) is 2.00. The van der Waals surface area contributed by atoms with E-state index in [9.17, 15) is 12.8 Å². The van der Waals surface area contributed by atoms with Crippen LogP contribution in [-0.2, 0) is 16.4 Å². The fourth-order valence-corrected chi connectivity index (χ4v) is 4.09. The first-order chi connectivity index (χ1) is 10.4. The smallest absolute Gasteiger partial charge is 0.247 e. The molecule has 0 amide bonds. The largest absolute Gasteiger partial charge is 0.419 e. The summed E-state index contributed by atoms with van der Waals surface area (Å²) in [5.41, 5.74) is 0.648. The van der Waals surface area contributed by atoms with E-state index in [1.54, 1.807) is 12.1 Å². The summed E-state index contributed by atoms with van der Waals surface area (Å²) in [6.45, 7) is 2.73. The summed E-state index contributed by atoms with van der Waals surface area (Å²) in [6, 6.07) is 5.72. The molecule has 6 nitrogen and oxygen atoms in total. The van der Waals surface area contributed by atoms with Crippen molar-refractivity contribution in [2.45, 2.75) is 19.5 Å². The minimum Gasteiger partial charge on any atom is -0.419 e. The van der Waals surface area contributed by atoms with Gasteiger partial charge < -0.3 is 4.42 Å². The number of rotatable bonds is 3. The van der Waals surface area contributed by atoms with Crippen LogP contribution in [0.5, 0.6) is 0 Å². The number of hydrogen-bond acceptors (Lipinski definition) is 6. The average molecular weight is 325 g/mol. The molecule has 2 heterocycles. The van der Waals surface area contributed by atoms with Crippen LogP contribution in [0.1, 0.15) is 12.8 Å². The Morgan fingerprint density at radius 1 is 1.32 bits per heavy atom. The van der Waals surface area contributed by atoms with Crippen LogP contribution >= 0.6 is 0 Å². The van der Waals surface area contributed by atoms with E-state index in [4.69, 9.17) is 4.42 Å². The summed E-state index contributed by atoms with van der Waals surface area (Å²) < 4.78 is 41.6. The van der Waals surface area contributed by atoms with Gasteiger partial charge in [0.2, 0.25) is 11.8 Å². The van der Waals surface area contributed by atoms with Crippen LogP contribution in [0.15, 0.2) is 28.7 Å². The fraction of sp³-hybridized carbons (Fsp3) is 0.429. The normalized spacial score (nSPS) is 21.8. The highest BCUT2D eigenvalue weighted by molar-refractivity contribution is 7.91. The monoisotopic (exact) mass is 325 g/mol. The van der Waals surface area contributed by atoms with Gasteiger partial charge in [-0.25, -0.2) is 12.8 Å². The first-order valence-electron chi connectivity index (χ1n) is 6.96. The Bertz CT molecular complexity index is 758. The van der Waals surface area contributed by atoms with Crippen molar-refractivity contribution in [1.82, 2.24) is 15.1 Å². The molecule has 22 heavy (non-hydrogen) atoms. The lowest BCUT2D eigenvalue weighted by atomic mass is 10.2. The van der Waals surface area contributed by atoms with Gasteiger partial charge in [-0.1, -0.05) is 0 Å². The summed E-state index contributed by atoms with van der Waals surface area (Å²) in [6.07, 6.45) is 0. The van der Waals surface area contributed by atoms with E-state index in [0.29, 0.717) is 30.4 Å². The molecule has 0 spiro atoms. The van der Waals surface area contributed by atoms with Crippen LogP contribution in [0.25, 0.3) is 11.5 Å². The Balaban J connectivity index is 1.71. The molecule has 1 saturated heterocycles. The Morgan fingerprint density at radius 2 is 2.05 bits per heavy atom. The van der Waals surface area contributed by atoms with Crippen LogP contribution in [0, 0.1) is 5.82 Å². The fourth-order valence-electron chi connectivity index (χ4n) is 2.47. The third-order valence-corrected chi connectivity index (χ3v) is 5.50. The van der Waals surface area contributed by atoms with E-state index in [0.717, 1.165) is 0 Å². The summed E-state index contributed by atoms with van der Waals surface area (Å²) in [5.74, 6) is 0.715. The van der Waals surface area contributed by atoms with E-state index in [2.05, 4.69) is 10.2 Å². The Labute approximate surface area is 127 Å². The van der Waals surface area contributed by atoms with Crippen LogP contribution in [-0.4, -0.2) is 47.6 Å². The van der Waals surface area contributed by atoms with E-state index < -0.39 is 9.84 Å². The number of halogens is 1. The molecular formula is C14H16FN3O3S. The molecule has 1 aromatic heterocycles. The van der Waals surface area contributed by atoms with Gasteiger partial charge in [0.05, 0.1) is 18.1 Å². The van der Waals surface area contributed by atoms with Crippen molar-refractivity contribution in [3.05, 3.63) is 36.0 Å². The van der Waals surface area contributed by atoms with Gasteiger partial charge in [0.1, 0.15) is 5.82 Å². The molecule has 1 aromatic carbocycles. The number of benzene rings is 1. The standard InChI is InChI=1S/C14H16FN3O3S/c1-10-9-22(19,20)7-6-18(10)8-13-16-17-14(21-13)11-2-4-12(15)5-3-11/h2-5,10H,6-9H2,1H3. The molecule has 1 fully saturated rings. The Morgan fingerprint density at radius 3 is 2.73 bits per heavy atom. The summed E-state index contributed by atoms with van der Waals surface area (Å²) >= 11 is 0. The molecule has 0 radical (unpaired) electrons. The maximum absolute atomic E-state index is 12.9. The zero-order valence-corrected chi connectivity index (χ0v) is 12.9. The van der Waals surface area contributed by atoms with Crippen LogP contribution < -0.4 is 0 Å². The quantitative estimate of drug-likeness (QED) is 0.851. The molecule has 0 bridgehead atoms. The third-order valence-electron chi connectivity index (χ3n) is 3.70. The van der Waals surface area contributed by atoms with E-state index in [1.165, 1.54) is 12.1 Å². The van der Waals surface area contributed by atoms with Gasteiger partial charge >= 0.3 is 0 Å². The van der Waals surface area contributed by atoms with Crippen molar-refractivity contribution in [2.24, 2.45) is 0 Å². The number of sulfone groups is 1. The van der Waals surface area contributed by atoms with Crippen molar-refractivity contribution in [3.63, 3.8) is 0 Å². The molecule has 3 rings (SSSR count). The molecule has 0 aliphatic carbocycles. The second kappa shape index (κ2) is 5.77. The molecule has 0 N–H and O–H groups in total. The zero-order chi connectivity index (χ0) is 15.7. The van der Waals surface area contributed by atoms with Gasteiger partial charge in [-0.15, -0.1) is 10.2 Å². The van der Waals surface area contributed by atoms with Crippen molar-refractivity contribution in [3.8, 4) is 11.5 Å². The minimum atomic E-state index is -2.94. The Kier molecular flexibility index (Phi) is 3.96. The SMILES string of the molecule is CC1CS(=O)(=O)CCN1Cc1nnc(-c2ccc(F)cc2)o1. The number of nitrogens with zero attached hydrogens (tertiary/aromatic N) is 3. The zero-order valence-electron chi connectivity index (χ0n) is 12.1. The van der Waals surface area contributed by atoms with Gasteiger partial charge in [0, 0.05) is 18.2 Å². The lowest BCUT2D eigenvalue weighted by Gasteiger charge is -2.31. The van der Waals surface area contributed by atoms with Gasteiger partial charge in [-0.3, -0.25) is 4.90 Å². The number of aromatic nitrogens is 2. The summed E-state index contributed by atoms with van der Waals surface area (Å²) in [7, 11) is -2.94. The molecule has 1 unspecified atom stereocenters. The first-order valence-corrected chi connectivity index (χ1v) is 8.78. The minimum absolute atomic E-state index is 0.0834. The van der Waals surface area contributed by atoms with Crippen molar-refractivity contribution in [1.29, 1.82) is 0 Å².